The van der Waals surface area contributed by atoms with Crippen LogP contribution < -0.4 is 4.72 Å². The minimum atomic E-state index is -3.74. The molecule has 2 aromatic rings. The van der Waals surface area contributed by atoms with E-state index in [0.29, 0.717) is 0 Å². The summed E-state index contributed by atoms with van der Waals surface area (Å²) in [6.07, 6.45) is 1.29. The van der Waals surface area contributed by atoms with Gasteiger partial charge in [0.25, 0.3) is 10.0 Å². The molecule has 1 aromatic heterocycles. The molecule has 0 aliphatic carbocycles. The van der Waals surface area contributed by atoms with Crippen LogP contribution in [-0.4, -0.2) is 29.1 Å². The zero-order valence-corrected chi connectivity index (χ0v) is 10.4. The van der Waals surface area contributed by atoms with Crippen molar-refractivity contribution in [2.75, 3.05) is 4.72 Å². The highest BCUT2D eigenvalue weighted by molar-refractivity contribution is 7.93. The number of carboxylic acid groups (broad SMARTS) is 1. The Morgan fingerprint density at radius 2 is 1.94 bits per heavy atom. The molecule has 0 saturated carbocycles. The molecule has 0 spiro atoms. The van der Waals surface area contributed by atoms with Crippen LogP contribution in [0.5, 0.6) is 0 Å². The van der Waals surface area contributed by atoms with Gasteiger partial charge in [-0.2, -0.15) is 0 Å². The van der Waals surface area contributed by atoms with Crippen molar-refractivity contribution in [3.8, 4) is 0 Å². The van der Waals surface area contributed by atoms with Crippen molar-refractivity contribution in [1.82, 2.24) is 9.59 Å². The molecule has 7 nitrogen and oxygen atoms in total. The number of aromatic carboxylic acids is 1. The number of carbonyl (C=O) groups is 1. The fraction of sp³-hybridized carbons (Fsp3) is 0. The monoisotopic (exact) mass is 285 g/mol. The van der Waals surface area contributed by atoms with Crippen LogP contribution in [0.15, 0.2) is 35.4 Å². The van der Waals surface area contributed by atoms with Crippen LogP contribution >= 0.6 is 11.5 Å². The van der Waals surface area contributed by atoms with Gasteiger partial charge in [0.15, 0.2) is 0 Å². The molecule has 0 unspecified atom stereocenters. The number of aromatic nitrogens is 2. The highest BCUT2D eigenvalue weighted by atomic mass is 32.2. The van der Waals surface area contributed by atoms with Crippen LogP contribution in [0, 0.1) is 0 Å². The zero-order chi connectivity index (χ0) is 13.2. The molecular weight excluding hydrogens is 278 g/mol. The van der Waals surface area contributed by atoms with E-state index in [9.17, 15) is 13.2 Å². The number of hydrogen-bond donors (Lipinski definition) is 2. The molecular formula is C9H7N3O4S2. The first kappa shape index (κ1) is 12.5. The third kappa shape index (κ3) is 2.63. The highest BCUT2D eigenvalue weighted by Gasteiger charge is 2.15. The second-order valence-electron chi connectivity index (χ2n) is 3.22. The lowest BCUT2D eigenvalue weighted by molar-refractivity contribution is 0.0697. The fourth-order valence-electron chi connectivity index (χ4n) is 1.18. The minimum Gasteiger partial charge on any atom is -0.478 e. The fourth-order valence-corrected chi connectivity index (χ4v) is 2.86. The first-order chi connectivity index (χ1) is 8.49. The molecule has 2 rings (SSSR count). The normalized spacial score (nSPS) is 11.1. The van der Waals surface area contributed by atoms with E-state index in [1.54, 1.807) is 0 Å². The van der Waals surface area contributed by atoms with Crippen molar-refractivity contribution in [1.29, 1.82) is 0 Å². The number of anilines is 1. The van der Waals surface area contributed by atoms with Gasteiger partial charge in [-0.25, -0.2) is 13.2 Å². The Morgan fingerprint density at radius 3 is 2.44 bits per heavy atom. The number of hydrogen-bond acceptors (Lipinski definition) is 6. The van der Waals surface area contributed by atoms with Gasteiger partial charge in [0.1, 0.15) is 5.00 Å². The second kappa shape index (κ2) is 4.70. The Morgan fingerprint density at radius 1 is 1.28 bits per heavy atom. The van der Waals surface area contributed by atoms with Gasteiger partial charge in [-0.1, -0.05) is 4.49 Å². The first-order valence-corrected chi connectivity index (χ1v) is 6.88. The standard InChI is InChI=1S/C9H7N3O4S2/c13-9(14)6-1-3-7(4-2-6)18(15,16)11-8-5-10-12-17-8/h1-5,11H,(H,13,14). The quantitative estimate of drug-likeness (QED) is 0.868. The van der Waals surface area contributed by atoms with Gasteiger partial charge in [0, 0.05) is 11.5 Å². The van der Waals surface area contributed by atoms with E-state index in [1.807, 2.05) is 0 Å². The maximum Gasteiger partial charge on any atom is 0.335 e. The molecule has 1 heterocycles. The first-order valence-electron chi connectivity index (χ1n) is 4.62. The molecule has 9 heteroatoms. The average Bonchev–Trinajstić information content (AvgIpc) is 2.81. The summed E-state index contributed by atoms with van der Waals surface area (Å²) < 4.78 is 29.6. The summed E-state index contributed by atoms with van der Waals surface area (Å²) in [7, 11) is -3.74. The smallest absolute Gasteiger partial charge is 0.335 e. The molecule has 0 atom stereocenters. The lowest BCUT2D eigenvalue weighted by Gasteiger charge is -2.05. The summed E-state index contributed by atoms with van der Waals surface area (Å²) in [6, 6.07) is 4.89. The summed E-state index contributed by atoms with van der Waals surface area (Å²) in [5.74, 6) is -1.11. The third-order valence-electron chi connectivity index (χ3n) is 2.01. The van der Waals surface area contributed by atoms with E-state index in [0.717, 1.165) is 11.5 Å². The lowest BCUT2D eigenvalue weighted by Crippen LogP contribution is -2.12. The molecule has 0 aliphatic heterocycles. The van der Waals surface area contributed by atoms with Crippen LogP contribution in [-0.2, 0) is 10.0 Å². The van der Waals surface area contributed by atoms with Crippen molar-refractivity contribution >= 4 is 32.5 Å². The number of nitrogens with zero attached hydrogens (tertiary/aromatic N) is 2. The maximum atomic E-state index is 11.9. The molecule has 0 aliphatic rings. The van der Waals surface area contributed by atoms with E-state index >= 15 is 0 Å². The van der Waals surface area contributed by atoms with Crippen LogP contribution in [0.4, 0.5) is 5.00 Å². The van der Waals surface area contributed by atoms with E-state index in [1.165, 1.54) is 30.5 Å². The lowest BCUT2D eigenvalue weighted by atomic mass is 10.2. The van der Waals surface area contributed by atoms with Crippen LogP contribution in [0.25, 0.3) is 0 Å². The predicted molar refractivity (Wildman–Crippen MR) is 64.1 cm³/mol. The molecule has 0 bridgehead atoms. The van der Waals surface area contributed by atoms with Crippen molar-refractivity contribution < 1.29 is 18.3 Å². The van der Waals surface area contributed by atoms with E-state index in [2.05, 4.69) is 14.3 Å². The minimum absolute atomic E-state index is 0.0217. The summed E-state index contributed by atoms with van der Waals surface area (Å²) in [4.78, 5) is 10.6. The number of rotatable bonds is 4. The largest absolute Gasteiger partial charge is 0.478 e. The Bertz CT molecular complexity index is 650. The molecule has 0 amide bonds. The molecule has 2 N–H and O–H groups in total. The Balaban J connectivity index is 2.27. The van der Waals surface area contributed by atoms with Crippen molar-refractivity contribution in [2.24, 2.45) is 0 Å². The average molecular weight is 285 g/mol. The molecule has 94 valence electrons. The Kier molecular flexibility index (Phi) is 3.26. The molecule has 18 heavy (non-hydrogen) atoms. The number of carboxylic acids is 1. The van der Waals surface area contributed by atoms with Gasteiger partial charge >= 0.3 is 5.97 Å². The van der Waals surface area contributed by atoms with Gasteiger partial charge in [-0.15, -0.1) is 5.10 Å². The number of nitrogens with one attached hydrogen (secondary N) is 1. The second-order valence-corrected chi connectivity index (χ2v) is 5.68. The SMILES string of the molecule is O=C(O)c1ccc(S(=O)(=O)Nc2cnns2)cc1. The number of sulfonamides is 1. The summed E-state index contributed by atoms with van der Waals surface area (Å²) in [5.41, 5.74) is 0.0217. The van der Waals surface area contributed by atoms with Crippen LogP contribution in [0.1, 0.15) is 10.4 Å². The van der Waals surface area contributed by atoms with E-state index in [-0.39, 0.29) is 15.5 Å². The number of benzene rings is 1. The topological polar surface area (TPSA) is 109 Å². The predicted octanol–water partition coefficient (Wildman–Crippen LogP) is 1.04. The maximum absolute atomic E-state index is 11.9. The van der Waals surface area contributed by atoms with Gasteiger partial charge in [-0.3, -0.25) is 4.72 Å². The molecule has 0 fully saturated rings. The Labute approximate surface area is 106 Å². The third-order valence-corrected chi connectivity index (χ3v) is 4.10. The molecule has 0 radical (unpaired) electrons. The zero-order valence-electron chi connectivity index (χ0n) is 8.77. The van der Waals surface area contributed by atoms with Crippen molar-refractivity contribution in [3.05, 3.63) is 36.0 Å². The van der Waals surface area contributed by atoms with Crippen molar-refractivity contribution in [3.63, 3.8) is 0 Å². The molecule has 1 aromatic carbocycles. The van der Waals surface area contributed by atoms with Gasteiger partial charge < -0.3 is 5.11 Å². The highest BCUT2D eigenvalue weighted by Crippen LogP contribution is 2.17. The summed E-state index contributed by atoms with van der Waals surface area (Å²) in [6.45, 7) is 0. The summed E-state index contributed by atoms with van der Waals surface area (Å²) in [5, 5.41) is 12.5. The van der Waals surface area contributed by atoms with Crippen LogP contribution in [0.3, 0.4) is 0 Å². The Hall–Kier alpha value is -2.00. The van der Waals surface area contributed by atoms with Crippen molar-refractivity contribution in [2.45, 2.75) is 4.90 Å². The summed E-state index contributed by atoms with van der Waals surface area (Å²) >= 11 is 0.907. The van der Waals surface area contributed by atoms with Gasteiger partial charge in [0.2, 0.25) is 0 Å². The molecule has 0 saturated heterocycles. The van der Waals surface area contributed by atoms with Gasteiger partial charge in [0.05, 0.1) is 16.7 Å². The van der Waals surface area contributed by atoms with E-state index in [4.69, 9.17) is 5.11 Å². The van der Waals surface area contributed by atoms with Gasteiger partial charge in [-0.05, 0) is 24.3 Å². The van der Waals surface area contributed by atoms with Crippen LogP contribution in [0.2, 0.25) is 0 Å². The van der Waals surface area contributed by atoms with E-state index < -0.39 is 16.0 Å².